The summed E-state index contributed by atoms with van der Waals surface area (Å²) in [6.07, 6.45) is 0. The first kappa shape index (κ1) is 17.8. The Morgan fingerprint density at radius 1 is 1.29 bits per heavy atom. The first-order valence-electron chi connectivity index (χ1n) is 7.33. The van der Waals surface area contributed by atoms with Gasteiger partial charge in [0.05, 0.1) is 31.0 Å². The number of benzene rings is 2. The largest absolute Gasteiger partial charge is 0.495 e. The van der Waals surface area contributed by atoms with Gasteiger partial charge in [0, 0.05) is 11.6 Å². The number of nitrogens with zero attached hydrogens (tertiary/aromatic N) is 2. The second kappa shape index (κ2) is 8.34. The number of halogens is 1. The highest BCUT2D eigenvalue weighted by molar-refractivity contribution is 6.31. The van der Waals surface area contributed by atoms with Crippen LogP contribution >= 0.6 is 11.6 Å². The van der Waals surface area contributed by atoms with Crippen LogP contribution in [0.4, 0.5) is 5.69 Å². The minimum atomic E-state index is -0.160. The lowest BCUT2D eigenvalue weighted by molar-refractivity contribution is -0.117. The average Bonchev–Trinajstić information content (AvgIpc) is 2.55. The monoisotopic (exact) mass is 343 g/mol. The number of carbonyl (C=O) groups is 1. The van der Waals surface area contributed by atoms with E-state index in [9.17, 15) is 4.79 Å². The molecule has 6 heteroatoms. The first-order chi connectivity index (χ1) is 11.5. The Hall–Kier alpha value is -2.55. The molecule has 1 amide bonds. The van der Waals surface area contributed by atoms with Crippen molar-refractivity contribution in [3.05, 3.63) is 58.6 Å². The molecule has 5 nitrogen and oxygen atoms in total. The molecule has 2 aromatic rings. The Bertz CT molecular complexity index is 754. The fourth-order valence-corrected chi connectivity index (χ4v) is 2.44. The first-order valence-corrected chi connectivity index (χ1v) is 7.70. The minimum Gasteiger partial charge on any atom is -0.495 e. The fraction of sp³-hybridized carbons (Fsp3) is 0.222. The number of rotatable bonds is 6. The zero-order chi connectivity index (χ0) is 17.5. The molecule has 2 aromatic carbocycles. The number of carbonyl (C=O) groups excluding carboxylic acids is 1. The zero-order valence-electron chi connectivity index (χ0n) is 13.5. The molecule has 0 radical (unpaired) electrons. The van der Waals surface area contributed by atoms with Crippen molar-refractivity contribution in [2.24, 2.45) is 0 Å². The number of ether oxygens (including phenoxy) is 1. The topological polar surface area (TPSA) is 65.4 Å². The summed E-state index contributed by atoms with van der Waals surface area (Å²) in [6.45, 7) is 0.821. The highest BCUT2D eigenvalue weighted by Crippen LogP contribution is 2.27. The van der Waals surface area contributed by atoms with Crippen LogP contribution in [0.15, 0.2) is 42.5 Å². The van der Waals surface area contributed by atoms with Crippen molar-refractivity contribution in [1.82, 2.24) is 4.90 Å². The van der Waals surface area contributed by atoms with Gasteiger partial charge >= 0.3 is 0 Å². The Kier molecular flexibility index (Phi) is 6.19. The van der Waals surface area contributed by atoms with Gasteiger partial charge < -0.3 is 10.1 Å². The van der Waals surface area contributed by atoms with Crippen LogP contribution in [-0.2, 0) is 11.3 Å². The van der Waals surface area contributed by atoms with Crippen molar-refractivity contribution in [1.29, 1.82) is 5.26 Å². The van der Waals surface area contributed by atoms with Crippen molar-refractivity contribution in [3.63, 3.8) is 0 Å². The predicted octanol–water partition coefficient (Wildman–Crippen LogP) is 3.29. The number of amides is 1. The van der Waals surface area contributed by atoms with Crippen LogP contribution in [0.2, 0.25) is 5.02 Å². The molecule has 0 aliphatic rings. The Labute approximate surface area is 146 Å². The van der Waals surface area contributed by atoms with E-state index in [0.717, 1.165) is 5.56 Å². The second-order valence-corrected chi connectivity index (χ2v) is 5.81. The van der Waals surface area contributed by atoms with Crippen molar-refractivity contribution >= 4 is 23.2 Å². The molecule has 0 spiro atoms. The van der Waals surface area contributed by atoms with E-state index in [1.54, 1.807) is 30.3 Å². The third kappa shape index (κ3) is 4.98. The van der Waals surface area contributed by atoms with E-state index in [1.807, 2.05) is 24.1 Å². The third-order valence-electron chi connectivity index (χ3n) is 3.38. The van der Waals surface area contributed by atoms with Gasteiger partial charge in [0.25, 0.3) is 0 Å². The Morgan fingerprint density at radius 2 is 2.00 bits per heavy atom. The molecular formula is C18H18ClN3O2. The maximum Gasteiger partial charge on any atom is 0.238 e. The van der Waals surface area contributed by atoms with Crippen LogP contribution in [0, 0.1) is 11.3 Å². The lowest BCUT2D eigenvalue weighted by Crippen LogP contribution is -2.29. The lowest BCUT2D eigenvalue weighted by atomic mass is 10.1. The molecular weight excluding hydrogens is 326 g/mol. The van der Waals surface area contributed by atoms with Gasteiger partial charge in [-0.25, -0.2) is 0 Å². The number of hydrogen-bond donors (Lipinski definition) is 1. The van der Waals surface area contributed by atoms with E-state index in [1.165, 1.54) is 7.11 Å². The van der Waals surface area contributed by atoms with Crippen LogP contribution in [0.1, 0.15) is 11.1 Å². The summed E-state index contributed by atoms with van der Waals surface area (Å²) in [6, 6.07) is 14.4. The van der Waals surface area contributed by atoms with Gasteiger partial charge in [-0.1, -0.05) is 23.7 Å². The van der Waals surface area contributed by atoms with E-state index < -0.39 is 0 Å². The summed E-state index contributed by atoms with van der Waals surface area (Å²) < 4.78 is 5.21. The van der Waals surface area contributed by atoms with Crippen LogP contribution in [0.25, 0.3) is 0 Å². The maximum absolute atomic E-state index is 12.2. The molecule has 0 saturated carbocycles. The molecule has 0 fully saturated rings. The molecule has 2 rings (SSSR count). The summed E-state index contributed by atoms with van der Waals surface area (Å²) >= 11 is 5.95. The molecule has 0 atom stereocenters. The number of anilines is 1. The second-order valence-electron chi connectivity index (χ2n) is 5.37. The molecule has 0 aromatic heterocycles. The normalized spacial score (nSPS) is 10.3. The molecule has 124 valence electrons. The van der Waals surface area contributed by atoms with Crippen molar-refractivity contribution in [3.8, 4) is 11.8 Å². The van der Waals surface area contributed by atoms with Crippen LogP contribution in [0.3, 0.4) is 0 Å². The molecule has 0 unspecified atom stereocenters. The highest BCUT2D eigenvalue weighted by Gasteiger charge is 2.11. The molecule has 1 N–H and O–H groups in total. The molecule has 0 aliphatic heterocycles. The van der Waals surface area contributed by atoms with Gasteiger partial charge in [-0.3, -0.25) is 9.69 Å². The third-order valence-corrected chi connectivity index (χ3v) is 3.62. The van der Waals surface area contributed by atoms with Crippen LogP contribution in [0.5, 0.6) is 5.75 Å². The van der Waals surface area contributed by atoms with Gasteiger partial charge in [-0.2, -0.15) is 5.26 Å². The average molecular weight is 344 g/mol. The fourth-order valence-electron chi connectivity index (χ4n) is 2.27. The number of likely N-dealkylation sites (N-methyl/N-ethyl adjacent to an activating group) is 1. The SMILES string of the molecule is COc1ccc(Cl)cc1NC(=O)CN(C)Cc1ccc(C#N)cc1. The molecule has 0 bridgehead atoms. The summed E-state index contributed by atoms with van der Waals surface area (Å²) in [5.74, 6) is 0.397. The number of methoxy groups -OCH3 is 1. The number of nitrogens with one attached hydrogen (secondary N) is 1. The van der Waals surface area contributed by atoms with Crippen molar-refractivity contribution in [2.75, 3.05) is 26.0 Å². The lowest BCUT2D eigenvalue weighted by Gasteiger charge is -2.17. The summed E-state index contributed by atoms with van der Waals surface area (Å²) in [4.78, 5) is 14.1. The summed E-state index contributed by atoms with van der Waals surface area (Å²) in [7, 11) is 3.39. The van der Waals surface area contributed by atoms with E-state index in [4.69, 9.17) is 21.6 Å². The van der Waals surface area contributed by atoms with Gasteiger partial charge in [0.1, 0.15) is 5.75 Å². The molecule has 0 saturated heterocycles. The van der Waals surface area contributed by atoms with Gasteiger partial charge in [-0.05, 0) is 42.9 Å². The number of nitriles is 1. The van der Waals surface area contributed by atoms with Gasteiger partial charge in [-0.15, -0.1) is 0 Å². The zero-order valence-corrected chi connectivity index (χ0v) is 14.3. The standard InChI is InChI=1S/C18H18ClN3O2/c1-22(11-14-5-3-13(10-20)4-6-14)12-18(23)21-16-9-15(19)7-8-17(16)24-2/h3-9H,11-12H2,1-2H3,(H,21,23). The minimum absolute atomic E-state index is 0.160. The molecule has 0 aliphatic carbocycles. The summed E-state index contributed by atoms with van der Waals surface area (Å²) in [5.41, 5.74) is 2.19. The Balaban J connectivity index is 1.94. The Morgan fingerprint density at radius 3 is 2.62 bits per heavy atom. The van der Waals surface area contributed by atoms with E-state index in [0.29, 0.717) is 28.6 Å². The van der Waals surface area contributed by atoms with Gasteiger partial charge in [0.2, 0.25) is 5.91 Å². The van der Waals surface area contributed by atoms with E-state index >= 15 is 0 Å². The van der Waals surface area contributed by atoms with Crippen LogP contribution < -0.4 is 10.1 Å². The highest BCUT2D eigenvalue weighted by atomic mass is 35.5. The van der Waals surface area contributed by atoms with Gasteiger partial charge in [0.15, 0.2) is 0 Å². The van der Waals surface area contributed by atoms with Crippen LogP contribution in [-0.4, -0.2) is 31.5 Å². The maximum atomic E-state index is 12.2. The van der Waals surface area contributed by atoms with Crippen molar-refractivity contribution < 1.29 is 9.53 Å². The van der Waals surface area contributed by atoms with Crippen molar-refractivity contribution in [2.45, 2.75) is 6.54 Å². The summed E-state index contributed by atoms with van der Waals surface area (Å²) in [5, 5.41) is 12.1. The number of hydrogen-bond acceptors (Lipinski definition) is 4. The smallest absolute Gasteiger partial charge is 0.238 e. The molecule has 24 heavy (non-hydrogen) atoms. The van der Waals surface area contributed by atoms with E-state index in [-0.39, 0.29) is 12.5 Å². The quantitative estimate of drug-likeness (QED) is 0.874. The van der Waals surface area contributed by atoms with E-state index in [2.05, 4.69) is 11.4 Å². The molecule has 0 heterocycles. The predicted molar refractivity (Wildman–Crippen MR) is 94.1 cm³/mol.